The molecule has 30 heavy (non-hydrogen) atoms. The minimum atomic E-state index is -3.98. The maximum absolute atomic E-state index is 12.9. The minimum absolute atomic E-state index is 0.0895. The van der Waals surface area contributed by atoms with Gasteiger partial charge in [0.2, 0.25) is 10.0 Å². The van der Waals surface area contributed by atoms with Crippen molar-refractivity contribution < 1.29 is 22.7 Å². The lowest BCUT2D eigenvalue weighted by atomic mass is 10.0. The van der Waals surface area contributed by atoms with E-state index in [1.807, 2.05) is 24.3 Å². The quantitative estimate of drug-likeness (QED) is 0.484. The zero-order valence-corrected chi connectivity index (χ0v) is 18.6. The second kappa shape index (κ2) is 10.2. The molecule has 2 rings (SSSR count). The number of hydrazone groups is 1. The molecule has 0 saturated carbocycles. The normalized spacial score (nSPS) is 11.8. The van der Waals surface area contributed by atoms with Gasteiger partial charge in [-0.3, -0.25) is 4.79 Å². The first-order valence-electron chi connectivity index (χ1n) is 9.29. The van der Waals surface area contributed by atoms with Crippen molar-refractivity contribution in [2.75, 3.05) is 27.8 Å². The molecule has 1 N–H and O–H groups in total. The Morgan fingerprint density at radius 1 is 1.13 bits per heavy atom. The molecule has 0 spiro atoms. The fraction of sp³-hybridized carbons (Fsp3) is 0.333. The first kappa shape index (κ1) is 23.4. The molecule has 0 aromatic heterocycles. The number of amides is 1. The van der Waals surface area contributed by atoms with Crippen molar-refractivity contribution in [3.8, 4) is 11.5 Å². The van der Waals surface area contributed by atoms with Gasteiger partial charge in [-0.1, -0.05) is 38.1 Å². The van der Waals surface area contributed by atoms with E-state index in [2.05, 4.69) is 24.4 Å². The van der Waals surface area contributed by atoms with Gasteiger partial charge in [0.25, 0.3) is 5.91 Å². The first-order valence-corrected chi connectivity index (χ1v) is 10.7. The molecule has 1 amide bonds. The third kappa shape index (κ3) is 5.80. The SMILES string of the molecule is COc1ccc(OC)c(S(=O)(=O)N(C)CC(=O)NN=Cc2ccc(C(C)C)cc2)c1. The van der Waals surface area contributed by atoms with Gasteiger partial charge in [0.1, 0.15) is 16.4 Å². The monoisotopic (exact) mass is 433 g/mol. The molecule has 0 bridgehead atoms. The van der Waals surface area contributed by atoms with Crippen LogP contribution in [0.3, 0.4) is 0 Å². The van der Waals surface area contributed by atoms with E-state index in [0.29, 0.717) is 11.7 Å². The van der Waals surface area contributed by atoms with Crippen LogP contribution >= 0.6 is 0 Å². The van der Waals surface area contributed by atoms with Gasteiger partial charge in [0.05, 0.1) is 27.0 Å². The van der Waals surface area contributed by atoms with Gasteiger partial charge in [-0.05, 0) is 29.2 Å². The average molecular weight is 434 g/mol. The molecule has 0 fully saturated rings. The maximum Gasteiger partial charge on any atom is 0.255 e. The highest BCUT2D eigenvalue weighted by Crippen LogP contribution is 2.30. The molecule has 2 aromatic rings. The Kier molecular flexibility index (Phi) is 7.96. The molecule has 2 aromatic carbocycles. The van der Waals surface area contributed by atoms with Crippen molar-refractivity contribution >= 4 is 22.1 Å². The standard InChI is InChI=1S/C21H27N3O5S/c1-15(2)17-8-6-16(7-9-17)13-22-23-21(25)14-24(3)30(26,27)20-12-18(28-4)10-11-19(20)29-5/h6-13,15H,14H2,1-5H3,(H,23,25). The number of sulfonamides is 1. The minimum Gasteiger partial charge on any atom is -0.497 e. The van der Waals surface area contributed by atoms with Crippen molar-refractivity contribution in [2.24, 2.45) is 5.10 Å². The average Bonchev–Trinajstić information content (AvgIpc) is 2.73. The van der Waals surface area contributed by atoms with Crippen LogP contribution in [0.25, 0.3) is 0 Å². The molecular formula is C21H27N3O5S. The van der Waals surface area contributed by atoms with Crippen LogP contribution in [0.4, 0.5) is 0 Å². The summed E-state index contributed by atoms with van der Waals surface area (Å²) in [5, 5.41) is 3.89. The van der Waals surface area contributed by atoms with Gasteiger partial charge in [-0.15, -0.1) is 0 Å². The molecule has 0 aliphatic rings. The summed E-state index contributed by atoms with van der Waals surface area (Å²) in [6.07, 6.45) is 1.50. The summed E-state index contributed by atoms with van der Waals surface area (Å²) in [5.41, 5.74) is 4.37. The van der Waals surface area contributed by atoms with Gasteiger partial charge in [0, 0.05) is 13.1 Å². The van der Waals surface area contributed by atoms with E-state index in [4.69, 9.17) is 9.47 Å². The van der Waals surface area contributed by atoms with E-state index < -0.39 is 22.5 Å². The number of methoxy groups -OCH3 is 2. The van der Waals surface area contributed by atoms with Gasteiger partial charge >= 0.3 is 0 Å². The first-order chi connectivity index (χ1) is 14.2. The number of carbonyl (C=O) groups is 1. The largest absolute Gasteiger partial charge is 0.497 e. The lowest BCUT2D eigenvalue weighted by molar-refractivity contribution is -0.121. The topological polar surface area (TPSA) is 97.3 Å². The molecule has 9 heteroatoms. The summed E-state index contributed by atoms with van der Waals surface area (Å²) >= 11 is 0. The van der Waals surface area contributed by atoms with E-state index in [1.54, 1.807) is 6.07 Å². The molecule has 0 heterocycles. The summed E-state index contributed by atoms with van der Waals surface area (Å²) in [5.74, 6) is 0.376. The van der Waals surface area contributed by atoms with Crippen molar-refractivity contribution in [1.29, 1.82) is 0 Å². The molecule has 162 valence electrons. The van der Waals surface area contributed by atoms with Crippen LogP contribution in [0.15, 0.2) is 52.5 Å². The molecule has 8 nitrogen and oxygen atoms in total. The Hall–Kier alpha value is -2.91. The van der Waals surface area contributed by atoms with Crippen LogP contribution in [-0.2, 0) is 14.8 Å². The van der Waals surface area contributed by atoms with Crippen LogP contribution in [0.5, 0.6) is 11.5 Å². The molecule has 0 atom stereocenters. The molecule has 0 saturated heterocycles. The fourth-order valence-electron chi connectivity index (χ4n) is 2.62. The molecule has 0 aliphatic carbocycles. The summed E-state index contributed by atoms with van der Waals surface area (Å²) in [7, 11) is 0.129. The maximum atomic E-state index is 12.9. The number of benzene rings is 2. The molecule has 0 aliphatic heterocycles. The van der Waals surface area contributed by atoms with Crippen LogP contribution in [-0.4, -0.2) is 52.7 Å². The fourth-order valence-corrected chi connectivity index (χ4v) is 3.92. The van der Waals surface area contributed by atoms with Crippen molar-refractivity contribution in [2.45, 2.75) is 24.7 Å². The molecule has 0 radical (unpaired) electrons. The summed E-state index contributed by atoms with van der Waals surface area (Å²) in [6, 6.07) is 12.2. The van der Waals surface area contributed by atoms with Crippen molar-refractivity contribution in [3.63, 3.8) is 0 Å². The summed E-state index contributed by atoms with van der Waals surface area (Å²) in [4.78, 5) is 12.1. The predicted molar refractivity (Wildman–Crippen MR) is 116 cm³/mol. The zero-order chi connectivity index (χ0) is 22.3. The van der Waals surface area contributed by atoms with Gasteiger partial charge in [-0.2, -0.15) is 9.41 Å². The number of likely N-dealkylation sites (N-methyl/N-ethyl adjacent to an activating group) is 1. The zero-order valence-electron chi connectivity index (χ0n) is 17.7. The highest BCUT2D eigenvalue weighted by molar-refractivity contribution is 7.89. The summed E-state index contributed by atoms with van der Waals surface area (Å²) in [6.45, 7) is 3.80. The third-order valence-electron chi connectivity index (χ3n) is 4.43. The lowest BCUT2D eigenvalue weighted by Crippen LogP contribution is -2.36. The van der Waals surface area contributed by atoms with E-state index in [-0.39, 0.29) is 10.6 Å². The number of nitrogens with zero attached hydrogens (tertiary/aromatic N) is 2. The Bertz CT molecular complexity index is 1000. The number of ether oxygens (including phenoxy) is 2. The third-order valence-corrected chi connectivity index (χ3v) is 6.26. The number of carbonyl (C=O) groups excluding carboxylic acids is 1. The van der Waals surface area contributed by atoms with Crippen LogP contribution < -0.4 is 14.9 Å². The van der Waals surface area contributed by atoms with E-state index >= 15 is 0 Å². The second-order valence-electron chi connectivity index (χ2n) is 6.89. The van der Waals surface area contributed by atoms with Crippen LogP contribution in [0.2, 0.25) is 0 Å². The Morgan fingerprint density at radius 2 is 1.80 bits per heavy atom. The Morgan fingerprint density at radius 3 is 2.37 bits per heavy atom. The predicted octanol–water partition coefficient (Wildman–Crippen LogP) is 2.60. The van der Waals surface area contributed by atoms with E-state index in [0.717, 1.165) is 9.87 Å². The van der Waals surface area contributed by atoms with Crippen LogP contribution in [0, 0.1) is 0 Å². The van der Waals surface area contributed by atoms with E-state index in [9.17, 15) is 13.2 Å². The lowest BCUT2D eigenvalue weighted by Gasteiger charge is -2.18. The number of hydrogen-bond acceptors (Lipinski definition) is 6. The van der Waals surface area contributed by atoms with Gasteiger partial charge < -0.3 is 9.47 Å². The van der Waals surface area contributed by atoms with Gasteiger partial charge in [0.15, 0.2) is 0 Å². The smallest absolute Gasteiger partial charge is 0.255 e. The highest BCUT2D eigenvalue weighted by Gasteiger charge is 2.27. The van der Waals surface area contributed by atoms with Crippen LogP contribution in [0.1, 0.15) is 30.9 Å². The number of rotatable bonds is 9. The molecule has 0 unspecified atom stereocenters. The second-order valence-corrected chi connectivity index (χ2v) is 8.91. The van der Waals surface area contributed by atoms with E-state index in [1.165, 1.54) is 45.2 Å². The number of hydrogen-bond donors (Lipinski definition) is 1. The highest BCUT2D eigenvalue weighted by atomic mass is 32.2. The van der Waals surface area contributed by atoms with Crippen molar-refractivity contribution in [1.82, 2.24) is 9.73 Å². The summed E-state index contributed by atoms with van der Waals surface area (Å²) < 4.78 is 36.9. The van der Waals surface area contributed by atoms with Crippen molar-refractivity contribution in [3.05, 3.63) is 53.6 Å². The Labute approximate surface area is 177 Å². The number of nitrogens with one attached hydrogen (secondary N) is 1. The molecular weight excluding hydrogens is 406 g/mol. The van der Waals surface area contributed by atoms with Gasteiger partial charge in [-0.25, -0.2) is 13.8 Å². The Balaban J connectivity index is 2.04.